The third-order valence-electron chi connectivity index (χ3n) is 2.19. The molecular formula is C8H13F3O3S. The van der Waals surface area contributed by atoms with Crippen LogP contribution in [0, 0.1) is 0 Å². The molecule has 0 aromatic carbocycles. The second-order valence-electron chi connectivity index (χ2n) is 3.46. The van der Waals surface area contributed by atoms with Gasteiger partial charge >= 0.3 is 6.36 Å². The van der Waals surface area contributed by atoms with E-state index in [1.54, 1.807) is 0 Å². The highest BCUT2D eigenvalue weighted by Crippen LogP contribution is 2.29. The van der Waals surface area contributed by atoms with Gasteiger partial charge in [-0.05, 0) is 25.7 Å². The first kappa shape index (κ1) is 12.9. The predicted molar refractivity (Wildman–Crippen MR) is 48.3 cm³/mol. The van der Waals surface area contributed by atoms with Crippen LogP contribution >= 0.6 is 0 Å². The number of rotatable bonds is 3. The fourth-order valence-corrected chi connectivity index (χ4v) is 2.20. The maximum absolute atomic E-state index is 11.8. The number of alkyl halides is 3. The average Bonchev–Trinajstić information content (AvgIpc) is 2.05. The molecule has 0 radical (unpaired) electrons. The van der Waals surface area contributed by atoms with Crippen LogP contribution in [-0.2, 0) is 20.0 Å². The predicted octanol–water partition coefficient (Wildman–Crippen LogP) is 2.14. The third kappa shape index (κ3) is 5.48. The smallest absolute Gasteiger partial charge is 0.289 e. The van der Waals surface area contributed by atoms with Crippen molar-refractivity contribution in [1.29, 1.82) is 0 Å². The first-order valence-electron chi connectivity index (χ1n) is 4.62. The zero-order valence-corrected chi connectivity index (χ0v) is 9.07. The van der Waals surface area contributed by atoms with Gasteiger partial charge in [-0.15, -0.1) is 13.2 Å². The van der Waals surface area contributed by atoms with Gasteiger partial charge in [0, 0.05) is 6.26 Å². The molecule has 1 aliphatic carbocycles. The van der Waals surface area contributed by atoms with E-state index >= 15 is 0 Å². The van der Waals surface area contributed by atoms with E-state index in [1.165, 1.54) is 6.26 Å². The van der Waals surface area contributed by atoms with Crippen molar-refractivity contribution in [2.75, 3.05) is 6.26 Å². The lowest BCUT2D eigenvalue weighted by Gasteiger charge is -2.27. The molecule has 1 atom stereocenters. The standard InChI is InChI=1S/C8H13F3O3S/c1-15(12)14-7-4-2-6(3-5-7)13-8(9,10)11/h6-7H,2-5H2,1H3. The van der Waals surface area contributed by atoms with Gasteiger partial charge in [0.25, 0.3) is 0 Å². The van der Waals surface area contributed by atoms with E-state index in [9.17, 15) is 17.4 Å². The minimum absolute atomic E-state index is 0.205. The molecular weight excluding hydrogens is 233 g/mol. The maximum Gasteiger partial charge on any atom is 0.522 e. The van der Waals surface area contributed by atoms with Gasteiger partial charge in [0.1, 0.15) is 0 Å². The Morgan fingerprint density at radius 1 is 1.13 bits per heavy atom. The van der Waals surface area contributed by atoms with Crippen LogP contribution in [0.1, 0.15) is 25.7 Å². The molecule has 0 saturated heterocycles. The van der Waals surface area contributed by atoms with E-state index < -0.39 is 23.5 Å². The number of hydrogen-bond donors (Lipinski definition) is 0. The molecule has 15 heavy (non-hydrogen) atoms. The van der Waals surface area contributed by atoms with E-state index in [0.29, 0.717) is 25.7 Å². The van der Waals surface area contributed by atoms with Crippen molar-refractivity contribution in [3.8, 4) is 0 Å². The van der Waals surface area contributed by atoms with E-state index in [0.717, 1.165) is 0 Å². The minimum atomic E-state index is -4.56. The van der Waals surface area contributed by atoms with Crippen LogP contribution in [0.5, 0.6) is 0 Å². The largest absolute Gasteiger partial charge is 0.522 e. The normalized spacial score (nSPS) is 30.1. The SMILES string of the molecule is CS(=O)OC1CCC(OC(F)(F)F)CC1. The molecule has 0 N–H and O–H groups in total. The van der Waals surface area contributed by atoms with Gasteiger partial charge in [0.15, 0.2) is 11.1 Å². The lowest BCUT2D eigenvalue weighted by atomic mass is 9.95. The van der Waals surface area contributed by atoms with Gasteiger partial charge in [-0.25, -0.2) is 4.21 Å². The summed E-state index contributed by atoms with van der Waals surface area (Å²) in [5, 5.41) is 0. The molecule has 90 valence electrons. The monoisotopic (exact) mass is 246 g/mol. The van der Waals surface area contributed by atoms with Crippen LogP contribution < -0.4 is 0 Å². The fourth-order valence-electron chi connectivity index (χ4n) is 1.63. The maximum atomic E-state index is 11.8. The zero-order chi connectivity index (χ0) is 11.5. The molecule has 3 nitrogen and oxygen atoms in total. The Labute approximate surface area is 88.6 Å². The summed E-state index contributed by atoms with van der Waals surface area (Å²) in [5.41, 5.74) is 0. The minimum Gasteiger partial charge on any atom is -0.289 e. The fraction of sp³-hybridized carbons (Fsp3) is 1.00. The number of halogens is 3. The Kier molecular flexibility index (Phi) is 4.54. The highest BCUT2D eigenvalue weighted by molar-refractivity contribution is 7.79. The van der Waals surface area contributed by atoms with Crippen LogP contribution in [0.25, 0.3) is 0 Å². The Bertz CT molecular complexity index is 224. The molecule has 0 heterocycles. The molecule has 0 aliphatic heterocycles. The molecule has 0 spiro atoms. The van der Waals surface area contributed by atoms with Crippen LogP contribution in [0.3, 0.4) is 0 Å². The Hall–Kier alpha value is -0.140. The average molecular weight is 246 g/mol. The van der Waals surface area contributed by atoms with Gasteiger partial charge in [-0.1, -0.05) is 0 Å². The lowest BCUT2D eigenvalue weighted by molar-refractivity contribution is -0.346. The topological polar surface area (TPSA) is 35.5 Å². The summed E-state index contributed by atoms with van der Waals surface area (Å²) in [5.74, 6) is 0. The van der Waals surface area contributed by atoms with Crippen LogP contribution in [0.2, 0.25) is 0 Å². The van der Waals surface area contributed by atoms with Crippen molar-refractivity contribution in [1.82, 2.24) is 0 Å². The summed E-state index contributed by atoms with van der Waals surface area (Å²) < 4.78 is 55.1. The van der Waals surface area contributed by atoms with Crippen LogP contribution in [0.15, 0.2) is 0 Å². The molecule has 1 rings (SSSR count). The van der Waals surface area contributed by atoms with Crippen molar-refractivity contribution in [2.45, 2.75) is 44.3 Å². The summed E-state index contributed by atoms with van der Waals surface area (Å²) in [6, 6.07) is 0. The molecule has 1 aliphatic rings. The first-order chi connectivity index (χ1) is 6.87. The van der Waals surface area contributed by atoms with Gasteiger partial charge in [-0.2, -0.15) is 0 Å². The summed E-state index contributed by atoms with van der Waals surface area (Å²) in [7, 11) is 0. The molecule has 0 aromatic rings. The molecule has 1 saturated carbocycles. The first-order valence-corrected chi connectivity index (χ1v) is 6.10. The number of hydrogen-bond acceptors (Lipinski definition) is 3. The summed E-state index contributed by atoms with van der Waals surface area (Å²) in [4.78, 5) is 0. The Balaban J connectivity index is 2.27. The Morgan fingerprint density at radius 3 is 2.00 bits per heavy atom. The van der Waals surface area contributed by atoms with E-state index in [2.05, 4.69) is 4.74 Å². The van der Waals surface area contributed by atoms with Crippen LogP contribution in [-0.4, -0.2) is 29.0 Å². The Morgan fingerprint density at radius 2 is 1.60 bits per heavy atom. The summed E-state index contributed by atoms with van der Waals surface area (Å²) in [6.07, 6.45) is -2.65. The van der Waals surface area contributed by atoms with Crippen molar-refractivity contribution < 1.29 is 26.3 Å². The van der Waals surface area contributed by atoms with Crippen LogP contribution in [0.4, 0.5) is 13.2 Å². The highest BCUT2D eigenvalue weighted by Gasteiger charge is 2.35. The van der Waals surface area contributed by atoms with Crippen molar-refractivity contribution in [3.05, 3.63) is 0 Å². The molecule has 0 aromatic heterocycles. The molecule has 1 unspecified atom stereocenters. The second-order valence-corrected chi connectivity index (χ2v) is 4.46. The van der Waals surface area contributed by atoms with Crippen molar-refractivity contribution in [2.24, 2.45) is 0 Å². The van der Waals surface area contributed by atoms with E-state index in [-0.39, 0.29) is 6.10 Å². The quantitative estimate of drug-likeness (QED) is 0.765. The van der Waals surface area contributed by atoms with E-state index in [4.69, 9.17) is 4.18 Å². The van der Waals surface area contributed by atoms with Gasteiger partial charge in [0.2, 0.25) is 0 Å². The third-order valence-corrected chi connectivity index (χ3v) is 2.74. The summed E-state index contributed by atoms with van der Waals surface area (Å²) >= 11 is -1.36. The number of ether oxygens (including phenoxy) is 1. The zero-order valence-electron chi connectivity index (χ0n) is 8.25. The van der Waals surface area contributed by atoms with Gasteiger partial charge < -0.3 is 0 Å². The van der Waals surface area contributed by atoms with Crippen molar-refractivity contribution in [3.63, 3.8) is 0 Å². The molecule has 7 heteroatoms. The second kappa shape index (κ2) is 5.27. The lowest BCUT2D eigenvalue weighted by Crippen LogP contribution is -2.31. The molecule has 0 amide bonds. The molecule has 0 bridgehead atoms. The van der Waals surface area contributed by atoms with Crippen molar-refractivity contribution >= 4 is 11.1 Å². The highest BCUT2D eigenvalue weighted by atomic mass is 32.2. The van der Waals surface area contributed by atoms with Gasteiger partial charge in [-0.3, -0.25) is 8.92 Å². The van der Waals surface area contributed by atoms with E-state index in [1.807, 2.05) is 0 Å². The molecule has 1 fully saturated rings. The van der Waals surface area contributed by atoms with Gasteiger partial charge in [0.05, 0.1) is 12.2 Å². The summed E-state index contributed by atoms with van der Waals surface area (Å²) in [6.45, 7) is 0.